The Hall–Kier alpha value is -2.80. The predicted octanol–water partition coefficient (Wildman–Crippen LogP) is 3.91. The molecule has 30 heavy (non-hydrogen) atoms. The highest BCUT2D eigenvalue weighted by atomic mass is 19.1. The number of hydrogen-bond donors (Lipinski definition) is 2. The highest BCUT2D eigenvalue weighted by Gasteiger charge is 2.25. The molecule has 2 aromatic heterocycles. The molecule has 1 aromatic carbocycles. The van der Waals surface area contributed by atoms with Crippen molar-refractivity contribution < 1.29 is 4.39 Å². The van der Waals surface area contributed by atoms with Crippen LogP contribution in [0.1, 0.15) is 60.9 Å². The summed E-state index contributed by atoms with van der Waals surface area (Å²) in [4.78, 5) is 30.7. The molecule has 7 heteroatoms. The van der Waals surface area contributed by atoms with Gasteiger partial charge in [-0.2, -0.15) is 0 Å². The summed E-state index contributed by atoms with van der Waals surface area (Å²) in [5, 5.41) is 0. The van der Waals surface area contributed by atoms with Crippen LogP contribution < -0.4 is 5.56 Å². The van der Waals surface area contributed by atoms with Crippen LogP contribution >= 0.6 is 0 Å². The first-order valence-electron chi connectivity index (χ1n) is 10.8. The molecule has 0 amide bonds. The third kappa shape index (κ3) is 3.94. The maximum absolute atomic E-state index is 13.1. The summed E-state index contributed by atoms with van der Waals surface area (Å²) in [6.07, 6.45) is 8.54. The van der Waals surface area contributed by atoms with Crippen molar-refractivity contribution in [2.24, 2.45) is 0 Å². The molecule has 0 bridgehead atoms. The smallest absolute Gasteiger partial charge is 0.255 e. The summed E-state index contributed by atoms with van der Waals surface area (Å²) in [5.41, 5.74) is 3.51. The van der Waals surface area contributed by atoms with Gasteiger partial charge in [-0.1, -0.05) is 19.3 Å². The molecular weight excluding hydrogens is 381 g/mol. The van der Waals surface area contributed by atoms with E-state index in [-0.39, 0.29) is 11.4 Å². The van der Waals surface area contributed by atoms with Gasteiger partial charge in [-0.25, -0.2) is 14.4 Å². The summed E-state index contributed by atoms with van der Waals surface area (Å²) >= 11 is 0. The zero-order chi connectivity index (χ0) is 20.5. The summed E-state index contributed by atoms with van der Waals surface area (Å²) in [6, 6.07) is 6.36. The second-order valence-electron chi connectivity index (χ2n) is 8.42. The van der Waals surface area contributed by atoms with Crippen LogP contribution in [-0.4, -0.2) is 31.4 Å². The summed E-state index contributed by atoms with van der Waals surface area (Å²) in [6.45, 7) is 2.06. The Labute approximate surface area is 174 Å². The van der Waals surface area contributed by atoms with E-state index in [2.05, 4.69) is 19.9 Å². The predicted molar refractivity (Wildman–Crippen MR) is 112 cm³/mol. The van der Waals surface area contributed by atoms with Crippen LogP contribution in [0.5, 0.6) is 0 Å². The quantitative estimate of drug-likeness (QED) is 0.688. The van der Waals surface area contributed by atoms with Crippen molar-refractivity contribution in [2.75, 3.05) is 6.54 Å². The maximum Gasteiger partial charge on any atom is 0.255 e. The van der Waals surface area contributed by atoms with E-state index in [1.165, 1.54) is 31.4 Å². The Morgan fingerprint density at radius 1 is 1.10 bits per heavy atom. The lowest BCUT2D eigenvalue weighted by molar-refractivity contribution is 0.236. The number of nitrogens with one attached hydrogen (secondary N) is 2. The number of imidazole rings is 1. The molecule has 3 aromatic rings. The Balaban J connectivity index is 1.29. The number of halogens is 1. The molecule has 1 fully saturated rings. The lowest BCUT2D eigenvalue weighted by atomic mass is 9.88. The van der Waals surface area contributed by atoms with Gasteiger partial charge in [0, 0.05) is 25.4 Å². The highest BCUT2D eigenvalue weighted by Crippen LogP contribution is 2.31. The molecule has 0 unspecified atom stereocenters. The van der Waals surface area contributed by atoms with Gasteiger partial charge in [-0.3, -0.25) is 9.69 Å². The van der Waals surface area contributed by atoms with Crippen LogP contribution in [-0.2, 0) is 19.5 Å². The number of H-pyrrole nitrogens is 2. The third-order valence-electron chi connectivity index (χ3n) is 6.31. The number of rotatable bonds is 4. The van der Waals surface area contributed by atoms with E-state index in [0.717, 1.165) is 60.0 Å². The maximum atomic E-state index is 13.1. The van der Waals surface area contributed by atoms with E-state index in [1.807, 2.05) is 0 Å². The van der Waals surface area contributed by atoms with Gasteiger partial charge in [0.1, 0.15) is 17.5 Å². The van der Waals surface area contributed by atoms with E-state index in [1.54, 1.807) is 18.3 Å². The Bertz CT molecular complexity index is 1080. The fraction of sp³-hybridized carbons (Fsp3) is 0.435. The lowest BCUT2D eigenvalue weighted by Gasteiger charge is -2.28. The largest absolute Gasteiger partial charge is 0.341 e. The lowest BCUT2D eigenvalue weighted by Crippen LogP contribution is -2.36. The topological polar surface area (TPSA) is 77.7 Å². The van der Waals surface area contributed by atoms with Crippen molar-refractivity contribution in [3.05, 3.63) is 69.5 Å². The monoisotopic (exact) mass is 407 g/mol. The molecule has 2 N–H and O–H groups in total. The minimum atomic E-state index is -0.254. The molecule has 6 nitrogen and oxygen atoms in total. The van der Waals surface area contributed by atoms with E-state index in [4.69, 9.17) is 4.98 Å². The molecule has 3 heterocycles. The standard InChI is InChI=1S/C23H26FN5O/c24-17-8-6-15(7-9-17)20-12-25-21(26-20)14-29-11-10-19-18(13-29)23(30)28-22(27-19)16-4-2-1-3-5-16/h6-9,12,16H,1-5,10-11,13-14H2,(H,25,26)(H,27,28,30). The molecule has 0 saturated heterocycles. The normalized spacial score (nSPS) is 17.8. The molecule has 156 valence electrons. The Morgan fingerprint density at radius 3 is 2.70 bits per heavy atom. The summed E-state index contributed by atoms with van der Waals surface area (Å²) < 4.78 is 13.1. The van der Waals surface area contributed by atoms with Crippen LogP contribution in [0.15, 0.2) is 35.3 Å². The average molecular weight is 407 g/mol. The van der Waals surface area contributed by atoms with Gasteiger partial charge in [0.15, 0.2) is 0 Å². The van der Waals surface area contributed by atoms with Crippen LogP contribution in [0.4, 0.5) is 4.39 Å². The number of hydrogen-bond acceptors (Lipinski definition) is 4. The molecule has 0 spiro atoms. The van der Waals surface area contributed by atoms with Gasteiger partial charge in [0.2, 0.25) is 0 Å². The molecular formula is C23H26FN5O. The second-order valence-corrected chi connectivity index (χ2v) is 8.42. The number of benzene rings is 1. The van der Waals surface area contributed by atoms with Crippen molar-refractivity contribution in [1.29, 1.82) is 0 Å². The Morgan fingerprint density at radius 2 is 1.90 bits per heavy atom. The minimum Gasteiger partial charge on any atom is -0.341 e. The van der Waals surface area contributed by atoms with Crippen molar-refractivity contribution in [3.8, 4) is 11.3 Å². The first-order valence-corrected chi connectivity index (χ1v) is 10.8. The van der Waals surface area contributed by atoms with Crippen LogP contribution in [0, 0.1) is 5.82 Å². The molecule has 0 atom stereocenters. The van der Waals surface area contributed by atoms with Gasteiger partial charge in [0.25, 0.3) is 5.56 Å². The van der Waals surface area contributed by atoms with Crippen LogP contribution in [0.2, 0.25) is 0 Å². The molecule has 5 rings (SSSR count). The van der Waals surface area contributed by atoms with E-state index < -0.39 is 0 Å². The second kappa shape index (κ2) is 8.14. The average Bonchev–Trinajstić information content (AvgIpc) is 3.23. The number of aromatic amines is 2. The fourth-order valence-corrected chi connectivity index (χ4v) is 4.64. The van der Waals surface area contributed by atoms with E-state index in [0.29, 0.717) is 19.0 Å². The fourth-order valence-electron chi connectivity index (χ4n) is 4.64. The van der Waals surface area contributed by atoms with Crippen molar-refractivity contribution in [1.82, 2.24) is 24.8 Å². The zero-order valence-electron chi connectivity index (χ0n) is 17.0. The molecule has 1 aliphatic carbocycles. The molecule has 2 aliphatic rings. The molecule has 0 radical (unpaired) electrons. The number of nitrogens with zero attached hydrogens (tertiary/aromatic N) is 3. The van der Waals surface area contributed by atoms with Gasteiger partial charge in [0.05, 0.1) is 29.7 Å². The Kier molecular flexibility index (Phi) is 5.21. The van der Waals surface area contributed by atoms with Gasteiger partial charge < -0.3 is 9.97 Å². The van der Waals surface area contributed by atoms with Gasteiger partial charge >= 0.3 is 0 Å². The van der Waals surface area contributed by atoms with Gasteiger partial charge in [-0.15, -0.1) is 0 Å². The van der Waals surface area contributed by atoms with Crippen molar-refractivity contribution in [2.45, 2.75) is 57.5 Å². The first-order chi connectivity index (χ1) is 14.7. The van der Waals surface area contributed by atoms with Gasteiger partial charge in [-0.05, 0) is 42.7 Å². The van der Waals surface area contributed by atoms with Crippen molar-refractivity contribution >= 4 is 0 Å². The van der Waals surface area contributed by atoms with E-state index in [9.17, 15) is 9.18 Å². The molecule has 1 saturated carbocycles. The van der Waals surface area contributed by atoms with Crippen molar-refractivity contribution in [3.63, 3.8) is 0 Å². The summed E-state index contributed by atoms with van der Waals surface area (Å²) in [7, 11) is 0. The van der Waals surface area contributed by atoms with Crippen LogP contribution in [0.25, 0.3) is 11.3 Å². The number of fused-ring (bicyclic) bond motifs is 1. The SMILES string of the molecule is O=c1[nH]c(C2CCCCC2)nc2c1CN(Cc1ncc(-c3ccc(F)cc3)[nH]1)CC2. The number of aromatic nitrogens is 4. The zero-order valence-corrected chi connectivity index (χ0v) is 17.0. The third-order valence-corrected chi connectivity index (χ3v) is 6.31. The first kappa shape index (κ1) is 19.2. The highest BCUT2D eigenvalue weighted by molar-refractivity contribution is 5.58. The summed E-state index contributed by atoms with van der Waals surface area (Å²) in [5.74, 6) is 1.88. The molecule has 1 aliphatic heterocycles. The van der Waals surface area contributed by atoms with Crippen LogP contribution in [0.3, 0.4) is 0 Å². The van der Waals surface area contributed by atoms with E-state index >= 15 is 0 Å². The minimum absolute atomic E-state index is 0.0109.